The highest BCUT2D eigenvalue weighted by Gasteiger charge is 2.16. The van der Waals surface area contributed by atoms with E-state index in [1.807, 2.05) is 12.1 Å². The highest BCUT2D eigenvalue weighted by atomic mass is 16.5. The summed E-state index contributed by atoms with van der Waals surface area (Å²) in [6, 6.07) is 8.38. The molecule has 2 unspecified atom stereocenters. The molecule has 0 amide bonds. The van der Waals surface area contributed by atoms with E-state index in [0.717, 1.165) is 31.2 Å². The van der Waals surface area contributed by atoms with Gasteiger partial charge in [-0.1, -0.05) is 26.0 Å². The molecule has 0 bridgehead atoms. The number of hydrogen-bond donors (Lipinski definition) is 1. The Hall–Kier alpha value is -1.06. The molecule has 21 heavy (non-hydrogen) atoms. The number of nitrogens with zero attached hydrogens (tertiary/aromatic N) is 1. The molecule has 1 saturated heterocycles. The van der Waals surface area contributed by atoms with Crippen molar-refractivity contribution in [1.82, 2.24) is 4.90 Å². The van der Waals surface area contributed by atoms with Gasteiger partial charge in [0.1, 0.15) is 5.75 Å². The zero-order valence-corrected chi connectivity index (χ0v) is 13.6. The predicted molar refractivity (Wildman–Crippen MR) is 88.6 cm³/mol. The number of nitrogens with two attached hydrogens (primary N) is 1. The van der Waals surface area contributed by atoms with Crippen molar-refractivity contribution < 1.29 is 4.74 Å². The molecular weight excluding hydrogens is 260 g/mol. The maximum Gasteiger partial charge on any atom is 0.119 e. The van der Waals surface area contributed by atoms with E-state index in [2.05, 4.69) is 30.9 Å². The van der Waals surface area contributed by atoms with Crippen LogP contribution in [0.25, 0.3) is 0 Å². The summed E-state index contributed by atoms with van der Waals surface area (Å²) in [5, 5.41) is 0. The minimum atomic E-state index is 0.0960. The molecule has 1 aromatic carbocycles. The van der Waals surface area contributed by atoms with Gasteiger partial charge in [0.15, 0.2) is 0 Å². The Kier molecular flexibility index (Phi) is 6.52. The topological polar surface area (TPSA) is 38.5 Å². The molecule has 1 aliphatic heterocycles. The van der Waals surface area contributed by atoms with Gasteiger partial charge in [-0.2, -0.15) is 0 Å². The Morgan fingerprint density at radius 1 is 1.24 bits per heavy atom. The van der Waals surface area contributed by atoms with Gasteiger partial charge in [-0.05, 0) is 62.4 Å². The van der Waals surface area contributed by atoms with E-state index >= 15 is 0 Å². The third-order valence-corrected chi connectivity index (χ3v) is 4.35. The monoisotopic (exact) mass is 290 g/mol. The highest BCUT2D eigenvalue weighted by Crippen LogP contribution is 2.20. The smallest absolute Gasteiger partial charge is 0.119 e. The first-order valence-corrected chi connectivity index (χ1v) is 8.39. The van der Waals surface area contributed by atoms with E-state index in [9.17, 15) is 0 Å². The largest absolute Gasteiger partial charge is 0.494 e. The molecule has 3 nitrogen and oxygen atoms in total. The lowest BCUT2D eigenvalue weighted by Crippen LogP contribution is -2.33. The first kappa shape index (κ1) is 16.3. The Bertz CT molecular complexity index is 404. The first-order valence-electron chi connectivity index (χ1n) is 8.39. The van der Waals surface area contributed by atoms with Crippen LogP contribution in [0.15, 0.2) is 24.3 Å². The molecule has 0 aromatic heterocycles. The highest BCUT2D eigenvalue weighted by molar-refractivity contribution is 5.29. The fourth-order valence-corrected chi connectivity index (χ4v) is 2.92. The van der Waals surface area contributed by atoms with Crippen LogP contribution in [0.4, 0.5) is 0 Å². The summed E-state index contributed by atoms with van der Waals surface area (Å²) in [5.74, 6) is 1.80. The lowest BCUT2D eigenvalue weighted by Gasteiger charge is -2.24. The van der Waals surface area contributed by atoms with Crippen molar-refractivity contribution in [3.05, 3.63) is 29.8 Å². The fourth-order valence-electron chi connectivity index (χ4n) is 2.92. The summed E-state index contributed by atoms with van der Waals surface area (Å²) in [6.45, 7) is 8.59. The maximum absolute atomic E-state index is 6.38. The molecule has 2 N–H and O–H groups in total. The standard InChI is InChI=1S/C18H30N2O/c1-3-13-21-17-8-6-16(7-9-17)18(19)14-20-11-4-5-15(2)10-12-20/h6-9,15,18H,3-5,10-14,19H2,1-2H3. The predicted octanol–water partition coefficient (Wildman–Crippen LogP) is 3.60. The van der Waals surface area contributed by atoms with E-state index in [1.165, 1.54) is 37.9 Å². The molecule has 1 heterocycles. The average molecular weight is 290 g/mol. The van der Waals surface area contributed by atoms with Gasteiger partial charge in [0.05, 0.1) is 6.61 Å². The summed E-state index contributed by atoms with van der Waals surface area (Å²) >= 11 is 0. The quantitative estimate of drug-likeness (QED) is 0.870. The van der Waals surface area contributed by atoms with E-state index in [1.54, 1.807) is 0 Å². The van der Waals surface area contributed by atoms with Gasteiger partial charge in [0.25, 0.3) is 0 Å². The molecule has 2 rings (SSSR count). The molecule has 0 radical (unpaired) electrons. The van der Waals surface area contributed by atoms with Crippen molar-refractivity contribution in [2.45, 2.75) is 45.6 Å². The zero-order valence-electron chi connectivity index (χ0n) is 13.6. The van der Waals surface area contributed by atoms with Crippen LogP contribution in [0.3, 0.4) is 0 Å². The molecule has 0 saturated carbocycles. The summed E-state index contributed by atoms with van der Waals surface area (Å²) in [5.41, 5.74) is 7.58. The summed E-state index contributed by atoms with van der Waals surface area (Å²) in [4.78, 5) is 2.52. The number of ether oxygens (including phenoxy) is 1. The van der Waals surface area contributed by atoms with Gasteiger partial charge in [-0.3, -0.25) is 0 Å². The van der Waals surface area contributed by atoms with Crippen LogP contribution in [-0.4, -0.2) is 31.1 Å². The maximum atomic E-state index is 6.38. The zero-order chi connectivity index (χ0) is 15.1. The van der Waals surface area contributed by atoms with E-state index in [0.29, 0.717) is 0 Å². The lowest BCUT2D eigenvalue weighted by atomic mass is 10.0. The van der Waals surface area contributed by atoms with Crippen LogP contribution in [-0.2, 0) is 0 Å². The Balaban J connectivity index is 1.85. The third-order valence-electron chi connectivity index (χ3n) is 4.35. The van der Waals surface area contributed by atoms with Gasteiger partial charge >= 0.3 is 0 Å². The van der Waals surface area contributed by atoms with Crippen molar-refractivity contribution in [2.75, 3.05) is 26.2 Å². The lowest BCUT2D eigenvalue weighted by molar-refractivity contribution is 0.265. The normalized spacial score (nSPS) is 21.8. The van der Waals surface area contributed by atoms with Gasteiger partial charge < -0.3 is 15.4 Å². The first-order chi connectivity index (χ1) is 10.2. The number of benzene rings is 1. The SMILES string of the molecule is CCCOc1ccc(C(N)CN2CCCC(C)CC2)cc1. The molecule has 0 spiro atoms. The van der Waals surface area contributed by atoms with Crippen LogP contribution in [0.5, 0.6) is 5.75 Å². The van der Waals surface area contributed by atoms with Gasteiger partial charge in [0.2, 0.25) is 0 Å². The van der Waals surface area contributed by atoms with Crippen molar-refractivity contribution in [3.63, 3.8) is 0 Å². The van der Waals surface area contributed by atoms with Crippen molar-refractivity contribution in [1.29, 1.82) is 0 Å². The second kappa shape index (κ2) is 8.40. The van der Waals surface area contributed by atoms with Crippen LogP contribution in [0.2, 0.25) is 0 Å². The Labute approximate surface area is 129 Å². The van der Waals surface area contributed by atoms with Crippen molar-refractivity contribution in [2.24, 2.45) is 11.7 Å². The van der Waals surface area contributed by atoms with Gasteiger partial charge in [-0.15, -0.1) is 0 Å². The molecule has 2 atom stereocenters. The minimum absolute atomic E-state index is 0.0960. The molecule has 3 heteroatoms. The Morgan fingerprint density at radius 3 is 2.71 bits per heavy atom. The molecular formula is C18H30N2O. The number of hydrogen-bond acceptors (Lipinski definition) is 3. The fraction of sp³-hybridized carbons (Fsp3) is 0.667. The molecule has 118 valence electrons. The van der Waals surface area contributed by atoms with Gasteiger partial charge in [-0.25, -0.2) is 0 Å². The average Bonchev–Trinajstić information content (AvgIpc) is 2.70. The van der Waals surface area contributed by atoms with E-state index in [-0.39, 0.29) is 6.04 Å². The molecule has 0 aliphatic carbocycles. The van der Waals surface area contributed by atoms with Crippen LogP contribution >= 0.6 is 0 Å². The summed E-state index contributed by atoms with van der Waals surface area (Å²) in [7, 11) is 0. The van der Waals surface area contributed by atoms with Crippen LogP contribution in [0, 0.1) is 5.92 Å². The van der Waals surface area contributed by atoms with Gasteiger partial charge in [0, 0.05) is 12.6 Å². The van der Waals surface area contributed by atoms with Crippen LogP contribution < -0.4 is 10.5 Å². The van der Waals surface area contributed by atoms with E-state index < -0.39 is 0 Å². The van der Waals surface area contributed by atoms with Crippen molar-refractivity contribution in [3.8, 4) is 5.75 Å². The van der Waals surface area contributed by atoms with Crippen molar-refractivity contribution >= 4 is 0 Å². The number of rotatable bonds is 6. The number of likely N-dealkylation sites (tertiary alicyclic amines) is 1. The van der Waals surface area contributed by atoms with Crippen LogP contribution in [0.1, 0.15) is 51.1 Å². The minimum Gasteiger partial charge on any atom is -0.494 e. The van der Waals surface area contributed by atoms with E-state index in [4.69, 9.17) is 10.5 Å². The summed E-state index contributed by atoms with van der Waals surface area (Å²) < 4.78 is 5.62. The second-order valence-electron chi connectivity index (χ2n) is 6.36. The molecule has 1 fully saturated rings. The second-order valence-corrected chi connectivity index (χ2v) is 6.36. The third kappa shape index (κ3) is 5.33. The summed E-state index contributed by atoms with van der Waals surface area (Å²) in [6.07, 6.45) is 5.00. The molecule has 1 aliphatic rings. The molecule has 1 aromatic rings. The Morgan fingerprint density at radius 2 is 2.00 bits per heavy atom.